The second kappa shape index (κ2) is 5.66. The molecule has 102 valence electrons. The number of rotatable bonds is 3. The Morgan fingerprint density at radius 1 is 1.35 bits per heavy atom. The van der Waals surface area contributed by atoms with E-state index in [1.54, 1.807) is 25.1 Å². The maximum Gasteiger partial charge on any atom is 0.283 e. The maximum atomic E-state index is 12.1. The minimum atomic E-state index is -0.648. The fourth-order valence-corrected chi connectivity index (χ4v) is 1.81. The molecular weight excluding hydrogens is 282 g/mol. The van der Waals surface area contributed by atoms with Crippen LogP contribution in [0.5, 0.6) is 0 Å². The zero-order valence-corrected chi connectivity index (χ0v) is 11.2. The number of amides is 1. The standard InChI is InChI=1S/C13H10ClN3O3/c1-8-3-2-4-12(15-8)16-13(18)10-6-5-9(14)7-11(10)17(19)20/h2-7H,1H3,(H,15,16,18). The summed E-state index contributed by atoms with van der Waals surface area (Å²) in [5, 5.41) is 13.6. The van der Waals surface area contributed by atoms with Crippen LogP contribution in [0.2, 0.25) is 5.02 Å². The van der Waals surface area contributed by atoms with Gasteiger partial charge < -0.3 is 5.32 Å². The lowest BCUT2D eigenvalue weighted by Gasteiger charge is -2.06. The number of aromatic nitrogens is 1. The molecule has 1 N–H and O–H groups in total. The van der Waals surface area contributed by atoms with Crippen LogP contribution in [-0.2, 0) is 0 Å². The van der Waals surface area contributed by atoms with Crippen LogP contribution >= 0.6 is 11.6 Å². The van der Waals surface area contributed by atoms with E-state index >= 15 is 0 Å². The Morgan fingerprint density at radius 3 is 2.75 bits per heavy atom. The molecule has 6 nitrogen and oxygen atoms in total. The number of anilines is 1. The van der Waals surface area contributed by atoms with E-state index in [9.17, 15) is 14.9 Å². The number of carbonyl (C=O) groups is 1. The van der Waals surface area contributed by atoms with Gasteiger partial charge in [-0.2, -0.15) is 0 Å². The lowest BCUT2D eigenvalue weighted by atomic mass is 10.1. The zero-order valence-electron chi connectivity index (χ0n) is 10.5. The van der Waals surface area contributed by atoms with Crippen molar-refractivity contribution < 1.29 is 9.72 Å². The molecule has 0 bridgehead atoms. The van der Waals surface area contributed by atoms with Crippen molar-refractivity contribution in [3.05, 3.63) is 62.8 Å². The SMILES string of the molecule is Cc1cccc(NC(=O)c2ccc(Cl)cc2[N+](=O)[O-])n1. The number of carbonyl (C=O) groups excluding carboxylic acids is 1. The number of hydrogen-bond donors (Lipinski definition) is 1. The van der Waals surface area contributed by atoms with E-state index in [1.165, 1.54) is 12.1 Å². The van der Waals surface area contributed by atoms with Gasteiger partial charge in [-0.25, -0.2) is 4.98 Å². The van der Waals surface area contributed by atoms with Crippen LogP contribution in [-0.4, -0.2) is 15.8 Å². The minimum Gasteiger partial charge on any atom is -0.306 e. The van der Waals surface area contributed by atoms with Crippen molar-refractivity contribution in [2.24, 2.45) is 0 Å². The molecule has 0 fully saturated rings. The van der Waals surface area contributed by atoms with Crippen molar-refractivity contribution in [1.29, 1.82) is 0 Å². The summed E-state index contributed by atoms with van der Waals surface area (Å²) in [7, 11) is 0. The van der Waals surface area contributed by atoms with Crippen molar-refractivity contribution in [1.82, 2.24) is 4.98 Å². The third-order valence-electron chi connectivity index (χ3n) is 2.53. The van der Waals surface area contributed by atoms with Crippen LogP contribution in [0.4, 0.5) is 11.5 Å². The molecule has 0 atom stereocenters. The third kappa shape index (κ3) is 3.10. The van der Waals surface area contributed by atoms with Gasteiger partial charge in [0.25, 0.3) is 11.6 Å². The van der Waals surface area contributed by atoms with Crippen LogP contribution in [0.3, 0.4) is 0 Å². The Hall–Kier alpha value is -2.47. The van der Waals surface area contributed by atoms with Crippen molar-refractivity contribution in [3.8, 4) is 0 Å². The van der Waals surface area contributed by atoms with Crippen LogP contribution < -0.4 is 5.32 Å². The summed E-state index contributed by atoms with van der Waals surface area (Å²) in [5.41, 5.74) is 0.318. The Morgan fingerprint density at radius 2 is 2.10 bits per heavy atom. The van der Waals surface area contributed by atoms with Crippen molar-refractivity contribution >= 4 is 29.0 Å². The van der Waals surface area contributed by atoms with Gasteiger partial charge in [0.15, 0.2) is 0 Å². The molecule has 0 radical (unpaired) electrons. The van der Waals surface area contributed by atoms with Crippen molar-refractivity contribution in [2.45, 2.75) is 6.92 Å². The van der Waals surface area contributed by atoms with Gasteiger partial charge in [0, 0.05) is 16.8 Å². The molecule has 2 rings (SSSR count). The predicted octanol–water partition coefficient (Wildman–Crippen LogP) is 3.20. The van der Waals surface area contributed by atoms with E-state index in [2.05, 4.69) is 10.3 Å². The van der Waals surface area contributed by atoms with Gasteiger partial charge in [-0.05, 0) is 31.2 Å². The largest absolute Gasteiger partial charge is 0.306 e. The average molecular weight is 292 g/mol. The Balaban J connectivity index is 2.32. The lowest BCUT2D eigenvalue weighted by Crippen LogP contribution is -2.15. The highest BCUT2D eigenvalue weighted by Gasteiger charge is 2.20. The Kier molecular flexibility index (Phi) is 3.95. The number of pyridine rings is 1. The van der Waals surface area contributed by atoms with E-state index in [1.807, 2.05) is 0 Å². The lowest BCUT2D eigenvalue weighted by molar-refractivity contribution is -0.385. The Labute approximate surface area is 119 Å². The summed E-state index contributed by atoms with van der Waals surface area (Å²) in [6, 6.07) is 8.99. The van der Waals surface area contributed by atoms with Gasteiger partial charge in [0.1, 0.15) is 11.4 Å². The topological polar surface area (TPSA) is 85.1 Å². The second-order valence-corrected chi connectivity index (χ2v) is 4.47. The maximum absolute atomic E-state index is 12.1. The first-order chi connectivity index (χ1) is 9.47. The monoisotopic (exact) mass is 291 g/mol. The van der Waals surface area contributed by atoms with E-state index in [-0.39, 0.29) is 16.3 Å². The van der Waals surface area contributed by atoms with Gasteiger partial charge in [-0.15, -0.1) is 0 Å². The number of nitro groups is 1. The number of halogens is 1. The summed E-state index contributed by atoms with van der Waals surface area (Å²) in [6.07, 6.45) is 0. The number of benzene rings is 1. The normalized spacial score (nSPS) is 10.1. The molecule has 1 amide bonds. The van der Waals surface area contributed by atoms with Gasteiger partial charge in [0.2, 0.25) is 0 Å². The molecule has 0 saturated heterocycles. The van der Waals surface area contributed by atoms with Crippen LogP contribution in [0, 0.1) is 17.0 Å². The zero-order chi connectivity index (χ0) is 14.7. The molecule has 0 aliphatic carbocycles. The van der Waals surface area contributed by atoms with E-state index in [0.717, 1.165) is 11.8 Å². The molecule has 0 unspecified atom stereocenters. The molecule has 7 heteroatoms. The molecule has 1 aromatic carbocycles. The molecule has 0 aliphatic rings. The predicted molar refractivity (Wildman–Crippen MR) is 75.0 cm³/mol. The Bertz CT molecular complexity index is 688. The fraction of sp³-hybridized carbons (Fsp3) is 0.0769. The highest BCUT2D eigenvalue weighted by molar-refractivity contribution is 6.31. The molecule has 0 aliphatic heterocycles. The molecule has 0 spiro atoms. The summed E-state index contributed by atoms with van der Waals surface area (Å²) in [6.45, 7) is 1.78. The second-order valence-electron chi connectivity index (χ2n) is 4.04. The van der Waals surface area contributed by atoms with Crippen LogP contribution in [0.15, 0.2) is 36.4 Å². The molecule has 1 heterocycles. The number of nitro benzene ring substituents is 1. The van der Waals surface area contributed by atoms with Gasteiger partial charge in [0.05, 0.1) is 4.92 Å². The van der Waals surface area contributed by atoms with Gasteiger partial charge in [-0.3, -0.25) is 14.9 Å². The number of aryl methyl sites for hydroxylation is 1. The summed E-state index contributed by atoms with van der Waals surface area (Å²) in [4.78, 5) is 26.5. The molecule has 2 aromatic rings. The molecule has 0 saturated carbocycles. The molecule has 20 heavy (non-hydrogen) atoms. The summed E-state index contributed by atoms with van der Waals surface area (Å²) < 4.78 is 0. The van der Waals surface area contributed by atoms with Gasteiger partial charge in [-0.1, -0.05) is 17.7 Å². The van der Waals surface area contributed by atoms with Gasteiger partial charge >= 0.3 is 0 Å². The first-order valence-corrected chi connectivity index (χ1v) is 6.04. The highest BCUT2D eigenvalue weighted by atomic mass is 35.5. The third-order valence-corrected chi connectivity index (χ3v) is 2.77. The first-order valence-electron chi connectivity index (χ1n) is 5.66. The molecule has 1 aromatic heterocycles. The minimum absolute atomic E-state index is 0.0669. The quantitative estimate of drug-likeness (QED) is 0.695. The number of nitrogens with zero attached hydrogens (tertiary/aromatic N) is 2. The molecular formula is C13H10ClN3O3. The van der Waals surface area contributed by atoms with Crippen molar-refractivity contribution in [2.75, 3.05) is 5.32 Å². The average Bonchev–Trinajstić information content (AvgIpc) is 2.38. The fourth-order valence-electron chi connectivity index (χ4n) is 1.64. The van der Waals surface area contributed by atoms with Crippen LogP contribution in [0.1, 0.15) is 16.1 Å². The number of nitrogens with one attached hydrogen (secondary N) is 1. The first kappa shape index (κ1) is 14.0. The number of hydrogen-bond acceptors (Lipinski definition) is 4. The van der Waals surface area contributed by atoms with Crippen LogP contribution in [0.25, 0.3) is 0 Å². The van der Waals surface area contributed by atoms with E-state index in [4.69, 9.17) is 11.6 Å². The van der Waals surface area contributed by atoms with E-state index < -0.39 is 10.8 Å². The summed E-state index contributed by atoms with van der Waals surface area (Å²) >= 11 is 5.70. The van der Waals surface area contributed by atoms with Crippen molar-refractivity contribution in [3.63, 3.8) is 0 Å². The van der Waals surface area contributed by atoms with E-state index in [0.29, 0.717) is 5.82 Å². The smallest absolute Gasteiger partial charge is 0.283 e. The summed E-state index contributed by atoms with van der Waals surface area (Å²) in [5.74, 6) is -0.272. The highest BCUT2D eigenvalue weighted by Crippen LogP contribution is 2.23.